The number of nitrogens with zero attached hydrogens (tertiary/aromatic N) is 1. The normalized spacial score (nSPS) is 26.5. The molecule has 0 unspecified atom stereocenters. The summed E-state index contributed by atoms with van der Waals surface area (Å²) in [6, 6.07) is 0. The number of carbonyl (C=O) groups excluding carboxylic acids is 1. The van der Waals surface area contributed by atoms with Crippen molar-refractivity contribution < 1.29 is 4.79 Å². The average Bonchev–Trinajstić information content (AvgIpc) is 2.24. The lowest BCUT2D eigenvalue weighted by atomic mass is 10.2. The Morgan fingerprint density at radius 2 is 2.23 bits per heavy atom. The number of allylic oxidation sites excluding steroid dienone is 1. The summed E-state index contributed by atoms with van der Waals surface area (Å²) in [6.45, 7) is 5.31. The third kappa shape index (κ3) is 1.76. The van der Waals surface area contributed by atoms with E-state index >= 15 is 0 Å². The Labute approximate surface area is 93.3 Å². The first kappa shape index (κ1) is 10.7. The van der Waals surface area contributed by atoms with Crippen molar-refractivity contribution in [1.82, 2.24) is 5.32 Å². The van der Waals surface area contributed by atoms with Gasteiger partial charge < -0.3 is 5.32 Å². The van der Waals surface area contributed by atoms with E-state index in [0.29, 0.717) is 5.84 Å². The molecule has 13 heavy (non-hydrogen) atoms. The van der Waals surface area contributed by atoms with E-state index in [1.54, 1.807) is 0 Å². The molecule has 1 aliphatic heterocycles. The van der Waals surface area contributed by atoms with Crippen LogP contribution in [-0.2, 0) is 4.79 Å². The molecule has 1 rings (SSSR count). The zero-order valence-electron chi connectivity index (χ0n) is 6.97. The fourth-order valence-electron chi connectivity index (χ4n) is 1.04. The fourth-order valence-corrected chi connectivity index (χ4v) is 2.07. The Balaban J connectivity index is 3.18. The molecule has 5 heteroatoms. The summed E-state index contributed by atoms with van der Waals surface area (Å²) in [5, 5.41) is 2.62. The summed E-state index contributed by atoms with van der Waals surface area (Å²) >= 11 is 6.53. The third-order valence-electron chi connectivity index (χ3n) is 1.62. The first-order valence-electron chi connectivity index (χ1n) is 3.59. The second kappa shape index (κ2) is 3.75. The summed E-state index contributed by atoms with van der Waals surface area (Å²) in [4.78, 5) is 15.3. The standard InChI is InChI=1S/C8H8Br2N2O/c1-3-5-6(11-4-2)12-7(13)8(5,9)10/h3-4H,2H2,1H3,(H,11,12,13)/b5-3+. The van der Waals surface area contributed by atoms with Crippen molar-refractivity contribution in [2.45, 2.75) is 10.2 Å². The van der Waals surface area contributed by atoms with Crippen molar-refractivity contribution >= 4 is 43.6 Å². The SMILES string of the molecule is C=CN=C1NC(=O)C(Br)(Br)/C1=C/C. The minimum Gasteiger partial charge on any atom is -0.308 e. The van der Waals surface area contributed by atoms with E-state index in [2.05, 4.69) is 48.7 Å². The highest BCUT2D eigenvalue weighted by Crippen LogP contribution is 2.39. The van der Waals surface area contributed by atoms with Crippen molar-refractivity contribution in [3.8, 4) is 0 Å². The van der Waals surface area contributed by atoms with Crippen LogP contribution in [-0.4, -0.2) is 15.0 Å². The molecule has 1 fully saturated rings. The van der Waals surface area contributed by atoms with Gasteiger partial charge in [0, 0.05) is 11.8 Å². The monoisotopic (exact) mass is 306 g/mol. The van der Waals surface area contributed by atoms with Crippen molar-refractivity contribution in [2.75, 3.05) is 0 Å². The first-order valence-corrected chi connectivity index (χ1v) is 5.17. The smallest absolute Gasteiger partial charge is 0.258 e. The molecule has 0 saturated carbocycles. The van der Waals surface area contributed by atoms with Crippen LogP contribution in [0.5, 0.6) is 0 Å². The molecule has 0 aliphatic carbocycles. The lowest BCUT2D eigenvalue weighted by Gasteiger charge is -2.09. The predicted molar refractivity (Wildman–Crippen MR) is 60.1 cm³/mol. The number of aliphatic imine (C=N–C) groups is 1. The van der Waals surface area contributed by atoms with E-state index < -0.39 is 3.23 Å². The van der Waals surface area contributed by atoms with Crippen LogP contribution < -0.4 is 5.32 Å². The van der Waals surface area contributed by atoms with Gasteiger partial charge in [0.05, 0.1) is 0 Å². The quantitative estimate of drug-likeness (QED) is 0.741. The van der Waals surface area contributed by atoms with Crippen molar-refractivity contribution in [2.24, 2.45) is 4.99 Å². The van der Waals surface area contributed by atoms with E-state index in [4.69, 9.17) is 0 Å². The van der Waals surface area contributed by atoms with E-state index in [0.717, 1.165) is 5.57 Å². The van der Waals surface area contributed by atoms with Gasteiger partial charge >= 0.3 is 0 Å². The maximum Gasteiger partial charge on any atom is 0.258 e. The van der Waals surface area contributed by atoms with Gasteiger partial charge in [-0.25, -0.2) is 4.99 Å². The second-order valence-corrected chi connectivity index (χ2v) is 5.83. The number of hydrogen-bond acceptors (Lipinski definition) is 2. The first-order chi connectivity index (χ1) is 6.04. The van der Waals surface area contributed by atoms with Crippen LogP contribution >= 0.6 is 31.9 Å². The van der Waals surface area contributed by atoms with Crippen LogP contribution in [0.25, 0.3) is 0 Å². The molecule has 0 atom stereocenters. The molecule has 0 bridgehead atoms. The van der Waals surface area contributed by atoms with E-state index in [9.17, 15) is 4.79 Å². The van der Waals surface area contributed by atoms with Gasteiger partial charge in [-0.05, 0) is 6.92 Å². The molecule has 0 aromatic heterocycles. The van der Waals surface area contributed by atoms with Gasteiger partial charge in [0.2, 0.25) is 0 Å². The molecule has 1 N–H and O–H groups in total. The van der Waals surface area contributed by atoms with E-state index in [1.807, 2.05) is 13.0 Å². The Bertz CT molecular complexity index is 318. The lowest BCUT2D eigenvalue weighted by molar-refractivity contribution is -0.118. The molecule has 0 aromatic rings. The molecule has 3 nitrogen and oxygen atoms in total. The highest BCUT2D eigenvalue weighted by molar-refractivity contribution is 9.26. The number of hydrogen-bond donors (Lipinski definition) is 1. The number of alkyl halides is 2. The van der Waals surface area contributed by atoms with Crippen molar-refractivity contribution in [3.05, 3.63) is 24.4 Å². The Morgan fingerprint density at radius 3 is 2.69 bits per heavy atom. The van der Waals surface area contributed by atoms with Crippen LogP contribution in [0.15, 0.2) is 29.4 Å². The molecule has 1 saturated heterocycles. The van der Waals surface area contributed by atoms with E-state index in [-0.39, 0.29) is 5.91 Å². The highest BCUT2D eigenvalue weighted by Gasteiger charge is 2.45. The average molecular weight is 308 g/mol. The zero-order chi connectivity index (χ0) is 10.1. The topological polar surface area (TPSA) is 41.5 Å². The molecule has 1 amide bonds. The van der Waals surface area contributed by atoms with Crippen molar-refractivity contribution in [1.29, 1.82) is 0 Å². The molecule has 0 spiro atoms. The third-order valence-corrected chi connectivity index (χ3v) is 3.19. The second-order valence-electron chi connectivity index (χ2n) is 2.39. The Hall–Kier alpha value is -0.420. The maximum atomic E-state index is 11.4. The van der Waals surface area contributed by atoms with Gasteiger partial charge in [0.25, 0.3) is 5.91 Å². The molecule has 0 aromatic carbocycles. The molecule has 0 radical (unpaired) electrons. The van der Waals surface area contributed by atoms with Gasteiger partial charge in [0.15, 0.2) is 3.23 Å². The number of carbonyl (C=O) groups is 1. The summed E-state index contributed by atoms with van der Waals surface area (Å²) in [7, 11) is 0. The molecular formula is C8H8Br2N2O. The van der Waals surface area contributed by atoms with Crippen LogP contribution in [0.1, 0.15) is 6.92 Å². The largest absolute Gasteiger partial charge is 0.308 e. The maximum absolute atomic E-state index is 11.4. The summed E-state index contributed by atoms with van der Waals surface area (Å²) < 4.78 is -0.851. The predicted octanol–water partition coefficient (Wildman–Crippen LogP) is 2.09. The van der Waals surface area contributed by atoms with E-state index in [1.165, 1.54) is 6.20 Å². The molecule has 70 valence electrons. The number of rotatable bonds is 1. The van der Waals surface area contributed by atoms with Gasteiger partial charge in [-0.2, -0.15) is 0 Å². The number of amidine groups is 1. The minimum absolute atomic E-state index is 0.179. The zero-order valence-corrected chi connectivity index (χ0v) is 10.1. The highest BCUT2D eigenvalue weighted by atomic mass is 79.9. The van der Waals surface area contributed by atoms with Crippen LogP contribution in [0.3, 0.4) is 0 Å². The van der Waals surface area contributed by atoms with Crippen LogP contribution in [0.2, 0.25) is 0 Å². The van der Waals surface area contributed by atoms with Gasteiger partial charge in [-0.3, -0.25) is 4.79 Å². The fraction of sp³-hybridized carbons (Fsp3) is 0.250. The van der Waals surface area contributed by atoms with Gasteiger partial charge in [-0.15, -0.1) is 0 Å². The molecular weight excluding hydrogens is 300 g/mol. The number of halogens is 2. The number of nitrogens with one attached hydrogen (secondary N) is 1. The minimum atomic E-state index is -0.851. The van der Waals surface area contributed by atoms with Crippen molar-refractivity contribution in [3.63, 3.8) is 0 Å². The Morgan fingerprint density at radius 1 is 1.62 bits per heavy atom. The summed E-state index contributed by atoms with van der Waals surface area (Å²) in [5.41, 5.74) is 0.761. The van der Waals surface area contributed by atoms with Crippen LogP contribution in [0, 0.1) is 0 Å². The number of amides is 1. The lowest BCUT2D eigenvalue weighted by Crippen LogP contribution is -2.26. The van der Waals surface area contributed by atoms with Crippen LogP contribution in [0.4, 0.5) is 0 Å². The summed E-state index contributed by atoms with van der Waals surface area (Å²) in [5.74, 6) is 0.345. The summed E-state index contributed by atoms with van der Waals surface area (Å²) in [6.07, 6.45) is 3.20. The van der Waals surface area contributed by atoms with Gasteiger partial charge in [0.1, 0.15) is 5.84 Å². The van der Waals surface area contributed by atoms with Gasteiger partial charge in [-0.1, -0.05) is 44.5 Å². The Kier molecular flexibility index (Phi) is 3.08. The molecule has 1 heterocycles. The molecule has 1 aliphatic rings.